The Bertz CT molecular complexity index is 356. The van der Waals surface area contributed by atoms with E-state index in [2.05, 4.69) is 17.9 Å². The number of hydrogen-bond donors (Lipinski definition) is 4. The minimum absolute atomic E-state index is 0.106. The summed E-state index contributed by atoms with van der Waals surface area (Å²) in [7, 11) is 5.66. The monoisotopic (exact) mass is 324 g/mol. The van der Waals surface area contributed by atoms with Gasteiger partial charge in [0.25, 0.3) is 0 Å². The standard InChI is InChI=1S/C7H15NO3.C5H9NO3S/c1-8(2,3)5-6(9)4-7(10)11;1-3(7)6-4(2-10)5(8)9/h6,9H,4-5H2,1-3H3;4,10H,2H2,1H3,(H,6,7)(H,8,9)/t6-;4-/m10/s1. The zero-order chi connectivity index (χ0) is 17.2. The molecule has 0 fully saturated rings. The Morgan fingerprint density at radius 2 is 1.76 bits per heavy atom. The summed E-state index contributed by atoms with van der Waals surface area (Å²) in [5.41, 5.74) is 0. The summed E-state index contributed by atoms with van der Waals surface area (Å²) in [6, 6.07) is -0.874. The molecule has 0 saturated carbocycles. The van der Waals surface area contributed by atoms with Gasteiger partial charge in [0.1, 0.15) is 18.7 Å². The van der Waals surface area contributed by atoms with Gasteiger partial charge < -0.3 is 29.9 Å². The lowest BCUT2D eigenvalue weighted by atomic mass is 10.2. The minimum atomic E-state index is -1.20. The average Bonchev–Trinajstić information content (AvgIpc) is 2.21. The SMILES string of the molecule is CC(=O)N[C@@H](CS)C(=O)O.C[N+](C)(C)C[C@H](O)CC(=O)[O-]. The molecule has 0 rings (SSSR count). The van der Waals surface area contributed by atoms with Gasteiger partial charge in [0.05, 0.1) is 21.1 Å². The molecule has 0 saturated heterocycles. The first-order valence-corrected chi connectivity index (χ1v) is 6.81. The molecule has 0 heterocycles. The molecule has 0 aliphatic heterocycles. The maximum atomic E-state index is 10.3. The summed E-state index contributed by atoms with van der Waals surface area (Å²) in [5, 5.41) is 29.7. The molecule has 0 aromatic carbocycles. The lowest BCUT2D eigenvalue weighted by Gasteiger charge is -2.26. The van der Waals surface area contributed by atoms with Crippen LogP contribution in [0.2, 0.25) is 0 Å². The van der Waals surface area contributed by atoms with Crippen LogP contribution in [0.25, 0.3) is 0 Å². The van der Waals surface area contributed by atoms with Gasteiger partial charge in [0, 0.05) is 25.1 Å². The highest BCUT2D eigenvalue weighted by molar-refractivity contribution is 7.80. The van der Waals surface area contributed by atoms with Crippen molar-refractivity contribution in [2.45, 2.75) is 25.5 Å². The van der Waals surface area contributed by atoms with Crippen molar-refractivity contribution in [3.63, 3.8) is 0 Å². The maximum Gasteiger partial charge on any atom is 0.327 e. The molecule has 1 amide bonds. The third-order valence-corrected chi connectivity index (χ3v) is 2.38. The van der Waals surface area contributed by atoms with Gasteiger partial charge in [-0.15, -0.1) is 0 Å². The van der Waals surface area contributed by atoms with Crippen molar-refractivity contribution < 1.29 is 34.2 Å². The van der Waals surface area contributed by atoms with Crippen molar-refractivity contribution >= 4 is 30.5 Å². The normalized spacial score (nSPS) is 13.4. The van der Waals surface area contributed by atoms with Crippen molar-refractivity contribution in [2.24, 2.45) is 0 Å². The molecule has 8 nitrogen and oxygen atoms in total. The number of likely N-dealkylation sites (N-methyl/N-ethyl adjacent to an activating group) is 1. The molecular formula is C12H24N2O6S. The number of aliphatic hydroxyl groups excluding tert-OH is 1. The fourth-order valence-corrected chi connectivity index (χ4v) is 1.57. The van der Waals surface area contributed by atoms with Crippen molar-refractivity contribution in [1.29, 1.82) is 0 Å². The van der Waals surface area contributed by atoms with Crippen LogP contribution >= 0.6 is 12.6 Å². The number of rotatable bonds is 7. The number of nitrogens with one attached hydrogen (secondary N) is 1. The first-order chi connectivity index (χ1) is 9.38. The molecular weight excluding hydrogens is 300 g/mol. The van der Waals surface area contributed by atoms with Gasteiger partial charge in [0.2, 0.25) is 5.91 Å². The smallest absolute Gasteiger partial charge is 0.327 e. The topological polar surface area (TPSA) is 127 Å². The Hall–Kier alpha value is -1.32. The fourth-order valence-electron chi connectivity index (χ4n) is 1.32. The van der Waals surface area contributed by atoms with Gasteiger partial charge in [-0.25, -0.2) is 4.79 Å². The Kier molecular flexibility index (Phi) is 10.9. The molecule has 0 spiro atoms. The molecule has 0 aliphatic rings. The van der Waals surface area contributed by atoms with Gasteiger partial charge >= 0.3 is 5.97 Å². The first kappa shape index (κ1) is 22.0. The number of carbonyl (C=O) groups excluding carboxylic acids is 2. The molecule has 0 bridgehead atoms. The van der Waals surface area contributed by atoms with Crippen molar-refractivity contribution in [3.8, 4) is 0 Å². The highest BCUT2D eigenvalue weighted by Crippen LogP contribution is 1.97. The number of quaternary nitrogens is 1. The number of nitrogens with zero attached hydrogens (tertiary/aromatic N) is 1. The lowest BCUT2D eigenvalue weighted by molar-refractivity contribution is -0.873. The van der Waals surface area contributed by atoms with Crippen LogP contribution < -0.4 is 10.4 Å². The molecule has 0 radical (unpaired) electrons. The Morgan fingerprint density at radius 1 is 1.29 bits per heavy atom. The van der Waals surface area contributed by atoms with Crippen LogP contribution in [0.1, 0.15) is 13.3 Å². The quantitative estimate of drug-likeness (QED) is 0.308. The number of carboxylic acids is 2. The summed E-state index contributed by atoms with van der Waals surface area (Å²) >= 11 is 3.73. The Morgan fingerprint density at radius 3 is 1.95 bits per heavy atom. The van der Waals surface area contributed by atoms with Gasteiger partial charge in [-0.3, -0.25) is 4.79 Å². The summed E-state index contributed by atoms with van der Waals surface area (Å²) in [5.74, 6) is -2.52. The predicted octanol–water partition coefficient (Wildman–Crippen LogP) is -2.30. The van der Waals surface area contributed by atoms with Crippen LogP contribution in [0.15, 0.2) is 0 Å². The summed E-state index contributed by atoms with van der Waals surface area (Å²) in [4.78, 5) is 30.5. The average molecular weight is 324 g/mol. The summed E-state index contributed by atoms with van der Waals surface area (Å²) in [6.07, 6.45) is -1.09. The number of amides is 1. The van der Waals surface area contributed by atoms with Crippen LogP contribution in [0.5, 0.6) is 0 Å². The highest BCUT2D eigenvalue weighted by atomic mass is 32.1. The van der Waals surface area contributed by atoms with Crippen LogP contribution in [-0.2, 0) is 14.4 Å². The summed E-state index contributed by atoms with van der Waals surface area (Å²) < 4.78 is 0.550. The van der Waals surface area contributed by atoms with E-state index in [-0.39, 0.29) is 18.1 Å². The van der Waals surface area contributed by atoms with Crippen LogP contribution in [0.4, 0.5) is 0 Å². The van der Waals surface area contributed by atoms with E-state index in [0.717, 1.165) is 0 Å². The van der Waals surface area contributed by atoms with E-state index in [1.54, 1.807) is 0 Å². The predicted molar refractivity (Wildman–Crippen MR) is 77.6 cm³/mol. The number of carboxylic acid groups (broad SMARTS) is 2. The van der Waals surface area contributed by atoms with Crippen molar-refractivity contribution in [3.05, 3.63) is 0 Å². The lowest BCUT2D eigenvalue weighted by Crippen LogP contribution is -2.43. The Balaban J connectivity index is 0. The Labute approximate surface area is 129 Å². The molecule has 21 heavy (non-hydrogen) atoms. The van der Waals surface area contributed by atoms with Crippen LogP contribution in [-0.4, -0.2) is 78.1 Å². The number of thiol groups is 1. The van der Waals surface area contributed by atoms with E-state index in [4.69, 9.17) is 10.2 Å². The van der Waals surface area contributed by atoms with E-state index >= 15 is 0 Å². The fraction of sp³-hybridized carbons (Fsp3) is 0.750. The number of carbonyl (C=O) groups is 3. The second kappa shape index (κ2) is 10.4. The van der Waals surface area contributed by atoms with Crippen molar-refractivity contribution in [2.75, 3.05) is 33.4 Å². The van der Waals surface area contributed by atoms with Gasteiger partial charge in [-0.2, -0.15) is 12.6 Å². The first-order valence-electron chi connectivity index (χ1n) is 6.18. The third kappa shape index (κ3) is 16.6. The molecule has 0 unspecified atom stereocenters. The minimum Gasteiger partial charge on any atom is -0.550 e. The van der Waals surface area contributed by atoms with Crippen LogP contribution in [0, 0.1) is 0 Å². The zero-order valence-corrected chi connectivity index (χ0v) is 13.6. The number of aliphatic hydroxyl groups is 1. The third-order valence-electron chi connectivity index (χ3n) is 2.02. The highest BCUT2D eigenvalue weighted by Gasteiger charge is 2.15. The molecule has 3 N–H and O–H groups in total. The molecule has 124 valence electrons. The van der Waals surface area contributed by atoms with E-state index in [9.17, 15) is 19.5 Å². The van der Waals surface area contributed by atoms with Crippen LogP contribution in [0.3, 0.4) is 0 Å². The zero-order valence-electron chi connectivity index (χ0n) is 12.7. The van der Waals surface area contributed by atoms with Gasteiger partial charge in [0.15, 0.2) is 0 Å². The maximum absolute atomic E-state index is 10.3. The molecule has 0 aromatic heterocycles. The second-order valence-corrected chi connectivity index (χ2v) is 5.84. The largest absolute Gasteiger partial charge is 0.550 e. The van der Waals surface area contributed by atoms with E-state index in [1.165, 1.54) is 6.92 Å². The molecule has 0 aliphatic carbocycles. The van der Waals surface area contributed by atoms with E-state index < -0.39 is 24.1 Å². The van der Waals surface area contributed by atoms with E-state index in [1.807, 2.05) is 21.1 Å². The van der Waals surface area contributed by atoms with E-state index in [0.29, 0.717) is 11.0 Å². The molecule has 2 atom stereocenters. The second-order valence-electron chi connectivity index (χ2n) is 5.48. The molecule has 0 aromatic rings. The molecule has 9 heteroatoms. The van der Waals surface area contributed by atoms with Gasteiger partial charge in [-0.1, -0.05) is 0 Å². The number of aliphatic carboxylic acids is 2. The number of hydrogen-bond acceptors (Lipinski definition) is 6. The van der Waals surface area contributed by atoms with Crippen molar-refractivity contribution in [1.82, 2.24) is 5.32 Å². The summed E-state index contributed by atoms with van der Waals surface area (Å²) in [6.45, 7) is 1.69. The van der Waals surface area contributed by atoms with Gasteiger partial charge in [-0.05, 0) is 0 Å².